The molecule has 4 heteroatoms. The van der Waals surface area contributed by atoms with Crippen LogP contribution in [0.15, 0.2) is 47.6 Å². The van der Waals surface area contributed by atoms with E-state index < -0.39 is 0 Å². The summed E-state index contributed by atoms with van der Waals surface area (Å²) in [5.74, 6) is 1.92. The zero-order chi connectivity index (χ0) is 14.1. The number of hydrogen-bond acceptors (Lipinski definition) is 3. The summed E-state index contributed by atoms with van der Waals surface area (Å²) in [7, 11) is 3.69. The predicted octanol–water partition coefficient (Wildman–Crippen LogP) is 3.47. The van der Waals surface area contributed by atoms with E-state index in [-0.39, 0.29) is 6.10 Å². The molecule has 3 rings (SSSR count). The molecule has 20 heavy (non-hydrogen) atoms. The maximum Gasteiger partial charge on any atom is 0.196 e. The zero-order valence-corrected chi connectivity index (χ0v) is 11.9. The highest BCUT2D eigenvalue weighted by atomic mass is 16.5. The van der Waals surface area contributed by atoms with Crippen molar-refractivity contribution in [2.75, 3.05) is 7.11 Å². The van der Waals surface area contributed by atoms with Gasteiger partial charge in [-0.1, -0.05) is 0 Å². The van der Waals surface area contributed by atoms with Crippen molar-refractivity contribution in [2.45, 2.75) is 13.0 Å². The van der Waals surface area contributed by atoms with Crippen molar-refractivity contribution in [3.05, 3.63) is 48.3 Å². The lowest BCUT2D eigenvalue weighted by molar-refractivity contribution is 0.0601. The van der Waals surface area contributed by atoms with Crippen LogP contribution in [0, 0.1) is 5.92 Å². The largest absolute Gasteiger partial charge is 0.497 e. The minimum absolute atomic E-state index is 0.104. The molecular weight excluding hydrogens is 252 g/mol. The average Bonchev–Trinajstić information content (AvgIpc) is 2.89. The molecule has 1 fully saturated rings. The number of methoxy groups -OCH3 is 1. The predicted molar refractivity (Wildman–Crippen MR) is 78.5 cm³/mol. The third-order valence-corrected chi connectivity index (χ3v) is 3.68. The first-order valence-electron chi connectivity index (χ1n) is 6.69. The molecule has 0 saturated carbocycles. The summed E-state index contributed by atoms with van der Waals surface area (Å²) in [6.45, 7) is 2.14. The highest BCUT2D eigenvalue weighted by Gasteiger charge is 2.39. The third-order valence-electron chi connectivity index (χ3n) is 3.68. The summed E-state index contributed by atoms with van der Waals surface area (Å²) >= 11 is 0. The molecule has 1 aliphatic rings. The molecule has 1 aromatic heterocycles. The van der Waals surface area contributed by atoms with Gasteiger partial charge >= 0.3 is 0 Å². The summed E-state index contributed by atoms with van der Waals surface area (Å²) in [5, 5.41) is 0. The van der Waals surface area contributed by atoms with Crippen LogP contribution in [0.3, 0.4) is 0 Å². The van der Waals surface area contributed by atoms with Gasteiger partial charge in [0, 0.05) is 13.2 Å². The molecule has 104 valence electrons. The van der Waals surface area contributed by atoms with Crippen LogP contribution in [-0.2, 0) is 11.8 Å². The highest BCUT2D eigenvalue weighted by Crippen LogP contribution is 2.38. The van der Waals surface area contributed by atoms with Crippen LogP contribution in [0.5, 0.6) is 5.75 Å². The van der Waals surface area contributed by atoms with E-state index in [9.17, 15) is 0 Å². The van der Waals surface area contributed by atoms with Crippen LogP contribution < -0.4 is 4.74 Å². The fourth-order valence-corrected chi connectivity index (χ4v) is 2.40. The molecule has 4 nitrogen and oxygen atoms in total. The number of aliphatic imine (C=N–C) groups is 1. The van der Waals surface area contributed by atoms with Gasteiger partial charge in [-0.15, -0.1) is 0 Å². The number of ether oxygens (including phenoxy) is 2. The molecule has 2 unspecified atom stereocenters. The molecule has 1 aromatic carbocycles. The second-order valence-corrected chi connectivity index (χ2v) is 5.02. The Balaban J connectivity index is 1.74. The van der Waals surface area contributed by atoms with Crippen molar-refractivity contribution in [3.63, 3.8) is 0 Å². The number of hydrogen-bond donors (Lipinski definition) is 0. The van der Waals surface area contributed by atoms with Crippen LogP contribution in [0.1, 0.15) is 18.7 Å². The Morgan fingerprint density at radius 3 is 2.50 bits per heavy atom. The second-order valence-electron chi connectivity index (χ2n) is 5.02. The SMILES string of the molecule is COc1ccc(N=C2OC(c3cccn3C)C2C)cc1. The molecule has 1 saturated heterocycles. The van der Waals surface area contributed by atoms with Gasteiger partial charge in [0.15, 0.2) is 12.0 Å². The van der Waals surface area contributed by atoms with Crippen molar-refractivity contribution < 1.29 is 9.47 Å². The van der Waals surface area contributed by atoms with Crippen LogP contribution in [0.2, 0.25) is 0 Å². The van der Waals surface area contributed by atoms with Gasteiger partial charge in [-0.3, -0.25) is 0 Å². The monoisotopic (exact) mass is 270 g/mol. The average molecular weight is 270 g/mol. The molecule has 0 bridgehead atoms. The van der Waals surface area contributed by atoms with Gasteiger partial charge in [0.1, 0.15) is 5.75 Å². The van der Waals surface area contributed by atoms with E-state index in [1.807, 2.05) is 43.6 Å². The molecule has 2 aromatic rings. The number of rotatable bonds is 3. The molecule has 1 aliphatic heterocycles. The summed E-state index contributed by atoms with van der Waals surface area (Å²) in [4.78, 5) is 4.54. The number of benzene rings is 1. The van der Waals surface area contributed by atoms with Gasteiger partial charge in [-0.05, 0) is 43.3 Å². The van der Waals surface area contributed by atoms with Crippen LogP contribution >= 0.6 is 0 Å². The van der Waals surface area contributed by atoms with Crippen molar-refractivity contribution in [1.29, 1.82) is 0 Å². The Kier molecular flexibility index (Phi) is 3.22. The Labute approximate surface area is 118 Å². The Bertz CT molecular complexity index is 628. The van der Waals surface area contributed by atoms with Gasteiger partial charge < -0.3 is 14.0 Å². The van der Waals surface area contributed by atoms with Crippen molar-refractivity contribution in [1.82, 2.24) is 4.57 Å². The number of aryl methyl sites for hydroxylation is 1. The Morgan fingerprint density at radius 1 is 1.20 bits per heavy atom. The summed E-state index contributed by atoms with van der Waals surface area (Å²) in [5.41, 5.74) is 2.07. The highest BCUT2D eigenvalue weighted by molar-refractivity contribution is 5.86. The van der Waals surface area contributed by atoms with Crippen molar-refractivity contribution >= 4 is 11.6 Å². The molecule has 0 aliphatic carbocycles. The van der Waals surface area contributed by atoms with E-state index in [0.29, 0.717) is 5.92 Å². The van der Waals surface area contributed by atoms with Crippen molar-refractivity contribution in [3.8, 4) is 5.75 Å². The van der Waals surface area contributed by atoms with Gasteiger partial charge in [0.05, 0.1) is 24.4 Å². The topological polar surface area (TPSA) is 35.8 Å². The minimum atomic E-state index is 0.104. The number of aromatic nitrogens is 1. The summed E-state index contributed by atoms with van der Waals surface area (Å²) in [6.07, 6.45) is 2.14. The maximum absolute atomic E-state index is 5.84. The normalized spacial score (nSPS) is 23.2. The van der Waals surface area contributed by atoms with E-state index in [0.717, 1.165) is 17.3 Å². The third kappa shape index (κ3) is 2.18. The lowest BCUT2D eigenvalue weighted by atomic mass is 9.95. The van der Waals surface area contributed by atoms with Gasteiger partial charge in [0.25, 0.3) is 0 Å². The second kappa shape index (κ2) is 5.04. The molecule has 0 spiro atoms. The molecule has 0 radical (unpaired) electrons. The first-order valence-corrected chi connectivity index (χ1v) is 6.69. The summed E-state index contributed by atoms with van der Waals surface area (Å²) < 4.78 is 13.1. The molecule has 0 N–H and O–H groups in total. The smallest absolute Gasteiger partial charge is 0.196 e. The van der Waals surface area contributed by atoms with Crippen LogP contribution in [0.25, 0.3) is 0 Å². The lowest BCUT2D eigenvalue weighted by Gasteiger charge is -2.36. The van der Waals surface area contributed by atoms with E-state index in [4.69, 9.17) is 9.47 Å². The van der Waals surface area contributed by atoms with Crippen LogP contribution in [-0.4, -0.2) is 17.6 Å². The quantitative estimate of drug-likeness (QED) is 0.856. The molecule has 2 atom stereocenters. The minimum Gasteiger partial charge on any atom is -0.497 e. The van der Waals surface area contributed by atoms with E-state index >= 15 is 0 Å². The molecular formula is C16H18N2O2. The first kappa shape index (κ1) is 12.8. The lowest BCUT2D eigenvalue weighted by Crippen LogP contribution is -2.37. The molecule has 0 amide bonds. The number of nitrogens with zero attached hydrogens (tertiary/aromatic N) is 2. The maximum atomic E-state index is 5.84. The van der Waals surface area contributed by atoms with Gasteiger partial charge in [-0.25, -0.2) is 4.99 Å². The first-order chi connectivity index (χ1) is 9.69. The fourth-order valence-electron chi connectivity index (χ4n) is 2.40. The van der Waals surface area contributed by atoms with E-state index in [1.165, 1.54) is 5.69 Å². The Hall–Kier alpha value is -2.23. The van der Waals surface area contributed by atoms with Gasteiger partial charge in [0.2, 0.25) is 0 Å². The summed E-state index contributed by atoms with van der Waals surface area (Å²) in [6, 6.07) is 11.8. The van der Waals surface area contributed by atoms with E-state index in [1.54, 1.807) is 7.11 Å². The van der Waals surface area contributed by atoms with Gasteiger partial charge in [-0.2, -0.15) is 0 Å². The zero-order valence-electron chi connectivity index (χ0n) is 11.9. The van der Waals surface area contributed by atoms with Crippen LogP contribution in [0.4, 0.5) is 5.69 Å². The fraction of sp³-hybridized carbons (Fsp3) is 0.312. The molecule has 2 heterocycles. The standard InChI is InChI=1S/C16H18N2O2/c1-11-15(14-5-4-10-18(14)2)20-16(11)17-12-6-8-13(19-3)9-7-12/h4-11,15H,1-3H3. The van der Waals surface area contributed by atoms with E-state index in [2.05, 4.69) is 22.5 Å². The Morgan fingerprint density at radius 2 is 1.95 bits per heavy atom. The van der Waals surface area contributed by atoms with Crippen molar-refractivity contribution in [2.24, 2.45) is 18.0 Å².